The van der Waals surface area contributed by atoms with Crippen LogP contribution in [0.3, 0.4) is 0 Å². The van der Waals surface area contributed by atoms with Gasteiger partial charge in [-0.25, -0.2) is 9.59 Å². The molecule has 0 fully saturated rings. The summed E-state index contributed by atoms with van der Waals surface area (Å²) in [5.74, 6) is -21.0. The van der Waals surface area contributed by atoms with E-state index in [0.717, 1.165) is 18.2 Å². The number of nitrogens with two attached hydrogens (primary N) is 1. The maximum atomic E-state index is 14.4. The summed E-state index contributed by atoms with van der Waals surface area (Å²) in [5.41, 5.74) is 5.09. The lowest BCUT2D eigenvalue weighted by molar-refractivity contribution is -0.140. The van der Waals surface area contributed by atoms with Gasteiger partial charge in [-0.15, -0.1) is 0 Å². The molecule has 0 heterocycles. The molecule has 10 amide bonds. The highest BCUT2D eigenvalue weighted by Gasteiger charge is 2.32. The van der Waals surface area contributed by atoms with Gasteiger partial charge in [-0.1, -0.05) is 48.6 Å². The summed E-state index contributed by atoms with van der Waals surface area (Å²) in [5, 5.41) is 117. The lowest BCUT2D eigenvalue weighted by Gasteiger charge is -2.23. The minimum atomic E-state index is -1.62. The molecule has 0 spiro atoms. The van der Waals surface area contributed by atoms with Gasteiger partial charge in [-0.3, -0.25) is 76.7 Å². The minimum Gasteiger partial charge on any atom is -0.507 e. The number of carbonyl (C=O) groups is 18. The largest absolute Gasteiger partial charge is 0.507 e. The van der Waals surface area contributed by atoms with Crippen LogP contribution in [0.1, 0.15) is 143 Å². The first kappa shape index (κ1) is 100. The van der Waals surface area contributed by atoms with Crippen molar-refractivity contribution in [1.82, 2.24) is 47.9 Å². The summed E-state index contributed by atoms with van der Waals surface area (Å²) < 4.78 is 31.7. The van der Waals surface area contributed by atoms with E-state index in [2.05, 4.69) is 47.9 Å². The van der Waals surface area contributed by atoms with Gasteiger partial charge in [0.15, 0.2) is 0 Å². The third-order valence-corrected chi connectivity index (χ3v) is 16.4. The number of aromatic hydroxyl groups is 2. The van der Waals surface area contributed by atoms with Gasteiger partial charge in [0.2, 0.25) is 53.2 Å². The maximum absolute atomic E-state index is 14.4. The van der Waals surface area contributed by atoms with E-state index in [1.165, 1.54) is 54.6 Å². The Balaban J connectivity index is 1.57. The molecule has 44 heteroatoms. The number of carbonyl (C=O) groups excluding carboxylic acids is 10. The van der Waals surface area contributed by atoms with Gasteiger partial charge in [0, 0.05) is 63.7 Å². The molecule has 652 valence electrons. The first-order valence-corrected chi connectivity index (χ1v) is 36.9. The van der Waals surface area contributed by atoms with E-state index in [-0.39, 0.29) is 134 Å². The predicted molar refractivity (Wildman–Crippen MR) is 409 cm³/mol. The molecule has 119 heavy (non-hydrogen) atoms. The normalized spacial score (nSPS) is 12.6. The number of benzene rings is 3. The first-order valence-electron chi connectivity index (χ1n) is 36.9. The number of carboxylic acids is 8. The standard InChI is InChI=1S/C75H98N10O34/c76-58(88)40-117-34-31-114-28-25-77-68(104)50(3-1-5-61(91)92)83-72(108)54(17-23-65(99)100)80-59(89)41-118-35-32-116-30-27-79-70(106)53(16-22-64(97)98)85-73(109)55(18-24-66(101)102)81-60(90)42-119-36-33-115-29-26-78-69(105)52(15-21-63(95)96)84-71(107)51(4-2-6-62(93)94)82-67(103)47-37-43(7-8-44-11-19-56(86)48(38-44)74(110)111)9-13-46(47)14-10-45-12-20-57(87)49(39-45)75(112)113/h7-14,19-20,37-39,50-55,86-87H,1-6,15-18,21-36,40-42H2,(H2,76,88)(H,77,104)(H,78,105)(H,79,106)(H,80,89)(H,81,90)(H,82,103)(H,83,108)(H,84,107)(H,85,109)(H,91,92)(H,93,94)(H,95,96)(H,97,98)(H,99,100)(H,101,102)(H,110,111)(H,112,113)/b8-7+,14-10+. The van der Waals surface area contributed by atoms with Crippen molar-refractivity contribution in [1.29, 1.82) is 0 Å². The fourth-order valence-electron chi connectivity index (χ4n) is 10.5. The number of rotatable bonds is 63. The fourth-order valence-corrected chi connectivity index (χ4v) is 10.5. The quantitative estimate of drug-likeness (QED) is 0.0220. The van der Waals surface area contributed by atoms with Gasteiger partial charge < -0.3 is 133 Å². The zero-order chi connectivity index (χ0) is 88.4. The van der Waals surface area contributed by atoms with E-state index in [9.17, 15) is 132 Å². The molecule has 0 aromatic heterocycles. The van der Waals surface area contributed by atoms with Crippen molar-refractivity contribution in [3.05, 3.63) is 93.5 Å². The Morgan fingerprint density at radius 1 is 0.319 bits per heavy atom. The van der Waals surface area contributed by atoms with E-state index in [1.54, 1.807) is 6.07 Å². The number of hydrogen-bond acceptors (Lipinski definition) is 26. The number of carboxylic acid groups (broad SMARTS) is 8. The number of aromatic carboxylic acids is 2. The molecular weight excluding hydrogens is 1580 g/mol. The Kier molecular flexibility index (Phi) is 46.7. The monoisotopic (exact) mass is 1680 g/mol. The van der Waals surface area contributed by atoms with Crippen molar-refractivity contribution in [3.8, 4) is 11.5 Å². The number of nitrogens with one attached hydrogen (secondary N) is 9. The topological polar surface area (TPSA) is 699 Å². The van der Waals surface area contributed by atoms with Crippen LogP contribution >= 0.6 is 0 Å². The zero-order valence-electron chi connectivity index (χ0n) is 64.3. The molecule has 21 N–H and O–H groups in total. The SMILES string of the molecule is NC(=O)COCCOCCNC(=O)C(CCCC(=O)O)NC(=O)C(CCC(=O)O)NC(=O)COCCOCCNC(=O)C(CCC(=O)O)NC(=O)C(CCC(=O)O)NC(=O)COCCOCCNC(=O)C(CCC(=O)O)NC(=O)C(CCCC(=O)O)NC(=O)c1cc(/C=C/c2ccc(O)c(C(=O)O)c2)ccc1/C=C/c1ccc(O)c(C(=O)O)c1. The van der Waals surface area contributed by atoms with Crippen LogP contribution in [0.25, 0.3) is 24.3 Å². The van der Waals surface area contributed by atoms with Crippen molar-refractivity contribution in [2.45, 2.75) is 126 Å². The van der Waals surface area contributed by atoms with Crippen LogP contribution in [0.15, 0.2) is 54.6 Å². The summed E-state index contributed by atoms with van der Waals surface area (Å²) in [6.45, 7) is -3.84. The highest BCUT2D eigenvalue weighted by Crippen LogP contribution is 2.24. The van der Waals surface area contributed by atoms with Crippen LogP contribution in [0.2, 0.25) is 0 Å². The molecule has 6 atom stereocenters. The molecule has 0 bridgehead atoms. The molecule has 0 aliphatic rings. The van der Waals surface area contributed by atoms with Gasteiger partial charge in [0.25, 0.3) is 5.91 Å². The van der Waals surface area contributed by atoms with Crippen molar-refractivity contribution in [3.63, 3.8) is 0 Å². The van der Waals surface area contributed by atoms with Crippen LogP contribution < -0.4 is 53.6 Å². The van der Waals surface area contributed by atoms with Crippen molar-refractivity contribution < 1.29 is 166 Å². The molecule has 6 unspecified atom stereocenters. The number of phenols is 2. The highest BCUT2D eigenvalue weighted by atomic mass is 16.5. The molecule has 3 rings (SSSR count). The Labute approximate surface area is 678 Å². The third-order valence-electron chi connectivity index (χ3n) is 16.4. The Hall–Kier alpha value is -13.0. The molecule has 44 nitrogen and oxygen atoms in total. The molecular formula is C75H98N10O34. The van der Waals surface area contributed by atoms with Crippen LogP contribution in [-0.4, -0.2) is 293 Å². The zero-order valence-corrected chi connectivity index (χ0v) is 64.3. The average molecular weight is 1680 g/mol. The van der Waals surface area contributed by atoms with Crippen LogP contribution in [-0.2, 0) is 100 Å². The van der Waals surface area contributed by atoms with Crippen molar-refractivity contribution in [2.75, 3.05) is 98.9 Å². The number of amides is 10. The lowest BCUT2D eigenvalue weighted by atomic mass is 9.99. The van der Waals surface area contributed by atoms with E-state index in [1.807, 2.05) is 0 Å². The Morgan fingerprint density at radius 2 is 0.613 bits per heavy atom. The Bertz CT molecular complexity index is 4080. The first-order chi connectivity index (χ1) is 56.5. The summed E-state index contributed by atoms with van der Waals surface area (Å²) in [4.78, 5) is 225. The summed E-state index contributed by atoms with van der Waals surface area (Å²) >= 11 is 0. The van der Waals surface area contributed by atoms with Gasteiger partial charge >= 0.3 is 47.8 Å². The Morgan fingerprint density at radius 3 is 0.950 bits per heavy atom. The van der Waals surface area contributed by atoms with Crippen LogP contribution in [0.5, 0.6) is 11.5 Å². The van der Waals surface area contributed by atoms with E-state index >= 15 is 0 Å². The molecule has 0 aliphatic heterocycles. The lowest BCUT2D eigenvalue weighted by Crippen LogP contribution is -2.54. The molecule has 0 saturated heterocycles. The van der Waals surface area contributed by atoms with Crippen molar-refractivity contribution >= 4 is 131 Å². The number of primary amides is 1. The van der Waals surface area contributed by atoms with Crippen LogP contribution in [0, 0.1) is 0 Å². The van der Waals surface area contributed by atoms with Gasteiger partial charge in [0.05, 0.1) is 59.5 Å². The van der Waals surface area contributed by atoms with Crippen molar-refractivity contribution in [2.24, 2.45) is 5.73 Å². The number of aliphatic carboxylic acids is 6. The molecule has 3 aromatic rings. The number of ether oxygens (including phenoxy) is 6. The van der Waals surface area contributed by atoms with Gasteiger partial charge in [-0.05, 0) is 104 Å². The highest BCUT2D eigenvalue weighted by molar-refractivity contribution is 6.03. The van der Waals surface area contributed by atoms with E-state index in [4.69, 9.17) is 39.3 Å². The minimum absolute atomic E-state index is 0.0213. The maximum Gasteiger partial charge on any atom is 0.339 e. The summed E-state index contributed by atoms with van der Waals surface area (Å²) in [6, 6.07) is 2.60. The van der Waals surface area contributed by atoms with Gasteiger partial charge in [-0.2, -0.15) is 0 Å². The smallest absolute Gasteiger partial charge is 0.339 e. The second-order valence-electron chi connectivity index (χ2n) is 25.8. The average Bonchev–Trinajstić information content (AvgIpc) is 0.822. The van der Waals surface area contributed by atoms with Gasteiger partial charge in [0.1, 0.15) is 78.7 Å². The van der Waals surface area contributed by atoms with E-state index < -0.39 is 237 Å². The van der Waals surface area contributed by atoms with E-state index in [0.29, 0.717) is 11.1 Å². The summed E-state index contributed by atoms with van der Waals surface area (Å²) in [6.07, 6.45) is -0.422. The predicted octanol–water partition coefficient (Wildman–Crippen LogP) is -1.74. The van der Waals surface area contributed by atoms with Crippen LogP contribution in [0.4, 0.5) is 0 Å². The fraction of sp³-hybridized carbons (Fsp3) is 0.467. The third kappa shape index (κ3) is 42.9. The molecule has 0 radical (unpaired) electrons. The molecule has 3 aromatic carbocycles. The summed E-state index contributed by atoms with van der Waals surface area (Å²) in [7, 11) is 0. The number of hydrogen-bond donors (Lipinski definition) is 20. The molecule has 0 saturated carbocycles. The molecule has 0 aliphatic carbocycles. The second-order valence-corrected chi connectivity index (χ2v) is 25.8. The second kappa shape index (κ2) is 55.5.